The van der Waals surface area contributed by atoms with Crippen LogP contribution in [0.15, 0.2) is 54.1 Å². The predicted molar refractivity (Wildman–Crippen MR) is 75.4 cm³/mol. The molecule has 0 aromatic heterocycles. The van der Waals surface area contributed by atoms with Crippen molar-refractivity contribution in [1.29, 1.82) is 0 Å². The first-order valence-electron chi connectivity index (χ1n) is 6.36. The number of rotatable bonds is 3. The maximum absolute atomic E-state index is 12.4. The van der Waals surface area contributed by atoms with Crippen LogP contribution in [-0.4, -0.2) is 16.9 Å². The van der Waals surface area contributed by atoms with Gasteiger partial charge in [-0.15, -0.1) is 0 Å². The molecule has 3 N–H and O–H groups in total. The van der Waals surface area contributed by atoms with E-state index in [9.17, 15) is 9.90 Å². The summed E-state index contributed by atoms with van der Waals surface area (Å²) >= 11 is 0. The number of ketones is 1. The molecule has 0 saturated carbocycles. The van der Waals surface area contributed by atoms with E-state index in [1.54, 1.807) is 30.3 Å². The third-order valence-corrected chi connectivity index (χ3v) is 3.59. The third kappa shape index (κ3) is 2.67. The van der Waals surface area contributed by atoms with Crippen molar-refractivity contribution in [1.82, 2.24) is 0 Å². The van der Waals surface area contributed by atoms with Crippen LogP contribution in [0.3, 0.4) is 0 Å². The van der Waals surface area contributed by atoms with E-state index in [4.69, 9.17) is 5.73 Å². The number of carbonyl (C=O) groups excluding carboxylic acids is 1. The molecule has 0 bridgehead atoms. The van der Waals surface area contributed by atoms with Crippen molar-refractivity contribution in [3.05, 3.63) is 59.7 Å². The molecule has 1 aliphatic rings. The molecule has 0 amide bonds. The summed E-state index contributed by atoms with van der Waals surface area (Å²) in [7, 11) is 0. The molecule has 2 atom stereocenters. The summed E-state index contributed by atoms with van der Waals surface area (Å²) in [6, 6.07) is 8.51. The lowest BCUT2D eigenvalue weighted by molar-refractivity contribution is -0.124. The maximum atomic E-state index is 12.4. The Labute approximate surface area is 113 Å². The van der Waals surface area contributed by atoms with Gasteiger partial charge in [-0.3, -0.25) is 4.79 Å². The summed E-state index contributed by atoms with van der Waals surface area (Å²) in [4.78, 5) is 12.4. The Bertz CT molecular complexity index is 529. The monoisotopic (exact) mass is 257 g/mol. The van der Waals surface area contributed by atoms with Crippen molar-refractivity contribution >= 4 is 5.78 Å². The third-order valence-electron chi connectivity index (χ3n) is 3.59. The van der Waals surface area contributed by atoms with E-state index in [1.165, 1.54) is 0 Å². The summed E-state index contributed by atoms with van der Waals surface area (Å²) < 4.78 is 0. The van der Waals surface area contributed by atoms with Crippen LogP contribution in [0.4, 0.5) is 0 Å². The summed E-state index contributed by atoms with van der Waals surface area (Å²) in [6.45, 7) is 3.95. The van der Waals surface area contributed by atoms with Gasteiger partial charge in [0.15, 0.2) is 5.78 Å². The maximum Gasteiger partial charge on any atom is 0.193 e. The van der Waals surface area contributed by atoms with Gasteiger partial charge in [-0.1, -0.05) is 62.4 Å². The van der Waals surface area contributed by atoms with E-state index in [0.717, 1.165) is 0 Å². The SMILES string of the molecule is CC1(C)C=CC=C(C(=O)C(O)c2ccccc2)C1N. The van der Waals surface area contributed by atoms with Gasteiger partial charge in [0.05, 0.1) is 0 Å². The molecule has 0 heterocycles. The fourth-order valence-corrected chi connectivity index (χ4v) is 2.19. The second-order valence-corrected chi connectivity index (χ2v) is 5.46. The van der Waals surface area contributed by atoms with Crippen LogP contribution in [0.2, 0.25) is 0 Å². The van der Waals surface area contributed by atoms with Gasteiger partial charge >= 0.3 is 0 Å². The minimum Gasteiger partial charge on any atom is -0.380 e. The standard InChI is InChI=1S/C16H19NO2/c1-16(2)10-6-9-12(15(16)17)14(19)13(18)11-7-4-3-5-8-11/h3-10,13,15,18H,17H2,1-2H3. The highest BCUT2D eigenvalue weighted by atomic mass is 16.3. The lowest BCUT2D eigenvalue weighted by atomic mass is 9.75. The predicted octanol–water partition coefficient (Wildman–Crippen LogP) is 2.14. The van der Waals surface area contributed by atoms with Crippen molar-refractivity contribution in [2.75, 3.05) is 0 Å². The van der Waals surface area contributed by atoms with Gasteiger partial charge in [-0.05, 0) is 5.56 Å². The average molecular weight is 257 g/mol. The zero-order chi connectivity index (χ0) is 14.0. The van der Waals surface area contributed by atoms with Crippen molar-refractivity contribution in [3.8, 4) is 0 Å². The molecule has 0 radical (unpaired) electrons. The zero-order valence-corrected chi connectivity index (χ0v) is 11.2. The highest BCUT2D eigenvalue weighted by molar-refractivity contribution is 6.01. The number of Topliss-reactive ketones (excluding diaryl/α,β-unsaturated/α-hetero) is 1. The molecule has 2 unspecified atom stereocenters. The van der Waals surface area contributed by atoms with Crippen LogP contribution in [-0.2, 0) is 4.79 Å². The second kappa shape index (κ2) is 5.11. The Hall–Kier alpha value is -1.71. The first-order chi connectivity index (χ1) is 8.93. The highest BCUT2D eigenvalue weighted by Crippen LogP contribution is 2.32. The van der Waals surface area contributed by atoms with Gasteiger partial charge in [0.2, 0.25) is 0 Å². The quantitative estimate of drug-likeness (QED) is 0.872. The fraction of sp³-hybridized carbons (Fsp3) is 0.312. The average Bonchev–Trinajstić information content (AvgIpc) is 2.41. The molecule has 0 fully saturated rings. The summed E-state index contributed by atoms with van der Waals surface area (Å²) in [5.74, 6) is -0.323. The van der Waals surface area contributed by atoms with E-state index in [1.807, 2.05) is 32.1 Å². The van der Waals surface area contributed by atoms with Gasteiger partial charge in [-0.2, -0.15) is 0 Å². The van der Waals surface area contributed by atoms with Gasteiger partial charge in [-0.25, -0.2) is 0 Å². The van der Waals surface area contributed by atoms with Crippen molar-refractivity contribution in [2.24, 2.45) is 11.1 Å². The summed E-state index contributed by atoms with van der Waals surface area (Å²) in [6.07, 6.45) is 4.35. The van der Waals surface area contributed by atoms with E-state index >= 15 is 0 Å². The Morgan fingerprint density at radius 2 is 1.95 bits per heavy atom. The number of aliphatic hydroxyl groups is 1. The van der Waals surface area contributed by atoms with Crippen LogP contribution in [0, 0.1) is 5.41 Å². The minimum atomic E-state index is -1.15. The van der Waals surface area contributed by atoms with Crippen molar-refractivity contribution < 1.29 is 9.90 Å². The molecule has 0 aliphatic heterocycles. The van der Waals surface area contributed by atoms with Crippen molar-refractivity contribution in [2.45, 2.75) is 26.0 Å². The molecule has 0 spiro atoms. The van der Waals surface area contributed by atoms with E-state index in [2.05, 4.69) is 0 Å². The van der Waals surface area contributed by atoms with Crippen LogP contribution in [0.25, 0.3) is 0 Å². The minimum absolute atomic E-state index is 0.282. The molecule has 19 heavy (non-hydrogen) atoms. The van der Waals surface area contributed by atoms with Gasteiger partial charge < -0.3 is 10.8 Å². The molecular weight excluding hydrogens is 238 g/mol. The first kappa shape index (κ1) is 13.7. The summed E-state index contributed by atoms with van der Waals surface area (Å²) in [5.41, 5.74) is 6.91. The normalized spacial score (nSPS) is 22.7. The van der Waals surface area contributed by atoms with E-state index in [-0.39, 0.29) is 11.2 Å². The number of carbonyl (C=O) groups is 1. The Morgan fingerprint density at radius 3 is 2.58 bits per heavy atom. The topological polar surface area (TPSA) is 63.3 Å². The number of aliphatic hydroxyl groups excluding tert-OH is 1. The molecule has 3 heteroatoms. The van der Waals surface area contributed by atoms with Gasteiger partial charge in [0.1, 0.15) is 6.10 Å². The summed E-state index contributed by atoms with van der Waals surface area (Å²) in [5, 5.41) is 10.2. The molecule has 2 rings (SSSR count). The van der Waals surface area contributed by atoms with Crippen LogP contribution >= 0.6 is 0 Å². The lowest BCUT2D eigenvalue weighted by Crippen LogP contribution is -2.42. The molecular formula is C16H19NO2. The molecule has 3 nitrogen and oxygen atoms in total. The molecule has 0 saturated heterocycles. The first-order valence-corrected chi connectivity index (χ1v) is 6.36. The lowest BCUT2D eigenvalue weighted by Gasteiger charge is -2.33. The van der Waals surface area contributed by atoms with Crippen LogP contribution < -0.4 is 5.73 Å². The Morgan fingerprint density at radius 1 is 1.32 bits per heavy atom. The van der Waals surface area contributed by atoms with Crippen LogP contribution in [0.1, 0.15) is 25.5 Å². The van der Waals surface area contributed by atoms with Crippen molar-refractivity contribution in [3.63, 3.8) is 0 Å². The Kier molecular flexibility index (Phi) is 3.69. The Balaban J connectivity index is 2.26. The molecule has 1 aromatic rings. The van der Waals surface area contributed by atoms with E-state index < -0.39 is 12.1 Å². The van der Waals surface area contributed by atoms with E-state index in [0.29, 0.717) is 11.1 Å². The number of nitrogens with two attached hydrogens (primary N) is 1. The number of hydrogen-bond donors (Lipinski definition) is 2. The zero-order valence-electron chi connectivity index (χ0n) is 11.2. The van der Waals surface area contributed by atoms with Gasteiger partial charge in [0.25, 0.3) is 0 Å². The highest BCUT2D eigenvalue weighted by Gasteiger charge is 2.34. The smallest absolute Gasteiger partial charge is 0.193 e. The number of allylic oxidation sites excluding steroid dienone is 2. The molecule has 100 valence electrons. The largest absolute Gasteiger partial charge is 0.380 e. The fourth-order valence-electron chi connectivity index (χ4n) is 2.19. The molecule has 1 aromatic carbocycles. The second-order valence-electron chi connectivity index (χ2n) is 5.46. The number of benzene rings is 1. The number of hydrogen-bond acceptors (Lipinski definition) is 3. The molecule has 1 aliphatic carbocycles. The van der Waals surface area contributed by atoms with Crippen LogP contribution in [0.5, 0.6) is 0 Å². The van der Waals surface area contributed by atoms with Gasteiger partial charge in [0, 0.05) is 17.0 Å².